The minimum Gasteiger partial charge on any atom is -0.480 e. The molecule has 3 N–H and O–H groups in total. The van der Waals surface area contributed by atoms with E-state index in [9.17, 15) is 14.7 Å². The fraction of sp³-hybridized carbons (Fsp3) is 0.867. The van der Waals surface area contributed by atoms with Gasteiger partial charge in [-0.2, -0.15) is 0 Å². The van der Waals surface area contributed by atoms with Gasteiger partial charge >= 0.3 is 5.97 Å². The van der Waals surface area contributed by atoms with Crippen molar-refractivity contribution < 1.29 is 14.7 Å². The number of nitrogens with one attached hydrogen (secondary N) is 2. The molecule has 5 nitrogen and oxygen atoms in total. The molecule has 0 aromatic heterocycles. The zero-order chi connectivity index (χ0) is 15.4. The van der Waals surface area contributed by atoms with Crippen LogP contribution in [0, 0.1) is 5.92 Å². The largest absolute Gasteiger partial charge is 0.480 e. The van der Waals surface area contributed by atoms with Crippen LogP contribution in [0.15, 0.2) is 0 Å². The van der Waals surface area contributed by atoms with Crippen molar-refractivity contribution >= 4 is 11.9 Å². The molecule has 1 rings (SSSR count). The predicted molar refractivity (Wildman–Crippen MR) is 78.5 cm³/mol. The lowest BCUT2D eigenvalue weighted by Crippen LogP contribution is -2.58. The summed E-state index contributed by atoms with van der Waals surface area (Å²) in [6, 6.07) is 0. The molecule has 0 unspecified atom stereocenters. The van der Waals surface area contributed by atoms with E-state index in [2.05, 4.69) is 17.6 Å². The maximum Gasteiger partial charge on any atom is 0.329 e. The van der Waals surface area contributed by atoms with Gasteiger partial charge in [-0.05, 0) is 52.4 Å². The van der Waals surface area contributed by atoms with E-state index in [0.29, 0.717) is 18.8 Å². The molecule has 0 aliphatic heterocycles. The normalized spacial score (nSPS) is 27.1. The van der Waals surface area contributed by atoms with E-state index in [1.807, 2.05) is 20.8 Å². The van der Waals surface area contributed by atoms with Crippen molar-refractivity contribution in [3.8, 4) is 0 Å². The molecule has 1 aliphatic carbocycles. The smallest absolute Gasteiger partial charge is 0.329 e. The predicted octanol–water partition coefficient (Wildman–Crippen LogP) is 1.91. The zero-order valence-electron chi connectivity index (χ0n) is 13.1. The summed E-state index contributed by atoms with van der Waals surface area (Å²) in [5.74, 6) is -0.555. The first kappa shape index (κ1) is 17.0. The number of hydrogen-bond donors (Lipinski definition) is 3. The van der Waals surface area contributed by atoms with Crippen LogP contribution < -0.4 is 10.6 Å². The van der Waals surface area contributed by atoms with E-state index < -0.39 is 11.5 Å². The third kappa shape index (κ3) is 4.78. The van der Waals surface area contributed by atoms with Gasteiger partial charge < -0.3 is 15.7 Å². The summed E-state index contributed by atoms with van der Waals surface area (Å²) in [5.41, 5.74) is -1.23. The molecule has 20 heavy (non-hydrogen) atoms. The van der Waals surface area contributed by atoms with E-state index in [0.717, 1.165) is 19.3 Å². The van der Waals surface area contributed by atoms with Crippen molar-refractivity contribution in [2.75, 3.05) is 6.54 Å². The first-order valence-electron chi connectivity index (χ1n) is 7.48. The minimum absolute atomic E-state index is 0.149. The Hall–Kier alpha value is -1.10. The Bertz CT molecular complexity index is 353. The molecule has 0 bridgehead atoms. The van der Waals surface area contributed by atoms with E-state index in [-0.39, 0.29) is 18.0 Å². The van der Waals surface area contributed by atoms with Crippen molar-refractivity contribution in [2.45, 2.75) is 70.9 Å². The fourth-order valence-electron chi connectivity index (χ4n) is 2.63. The van der Waals surface area contributed by atoms with Crippen molar-refractivity contribution in [2.24, 2.45) is 5.92 Å². The highest BCUT2D eigenvalue weighted by Gasteiger charge is 2.42. The van der Waals surface area contributed by atoms with Crippen molar-refractivity contribution in [1.82, 2.24) is 10.6 Å². The molecule has 1 fully saturated rings. The molecular formula is C15H28N2O3. The number of carboxylic acid groups (broad SMARTS) is 1. The fourth-order valence-corrected chi connectivity index (χ4v) is 2.63. The van der Waals surface area contributed by atoms with Crippen LogP contribution in [0.3, 0.4) is 0 Å². The second-order valence-corrected chi connectivity index (χ2v) is 6.89. The Morgan fingerprint density at radius 3 is 2.20 bits per heavy atom. The maximum atomic E-state index is 12.0. The highest BCUT2D eigenvalue weighted by Crippen LogP contribution is 2.33. The Balaban J connectivity index is 2.60. The molecule has 0 heterocycles. The summed E-state index contributed by atoms with van der Waals surface area (Å²) in [6.45, 7) is 8.19. The van der Waals surface area contributed by atoms with E-state index in [1.165, 1.54) is 0 Å². The van der Waals surface area contributed by atoms with Gasteiger partial charge in [0.05, 0.1) is 6.54 Å². The second kappa shape index (κ2) is 6.57. The molecule has 0 atom stereocenters. The monoisotopic (exact) mass is 284 g/mol. The SMILES string of the molecule is CCC1CCC(NC(=O)CNC(C)(C)C)(C(=O)O)CC1. The lowest BCUT2D eigenvalue weighted by molar-refractivity contribution is -0.149. The van der Waals surface area contributed by atoms with Crippen LogP contribution in [0.4, 0.5) is 0 Å². The molecule has 0 aromatic carbocycles. The summed E-state index contributed by atoms with van der Waals surface area (Å²) in [7, 11) is 0. The lowest BCUT2D eigenvalue weighted by Gasteiger charge is -2.37. The molecule has 116 valence electrons. The number of carbonyl (C=O) groups is 2. The molecular weight excluding hydrogens is 256 g/mol. The number of hydrogen-bond acceptors (Lipinski definition) is 3. The van der Waals surface area contributed by atoms with Gasteiger partial charge in [0.25, 0.3) is 0 Å². The molecule has 0 spiro atoms. The zero-order valence-corrected chi connectivity index (χ0v) is 13.1. The van der Waals surface area contributed by atoms with Gasteiger partial charge in [-0.3, -0.25) is 4.79 Å². The van der Waals surface area contributed by atoms with Gasteiger partial charge in [0.15, 0.2) is 0 Å². The van der Waals surface area contributed by atoms with Gasteiger partial charge in [0.2, 0.25) is 5.91 Å². The van der Waals surface area contributed by atoms with Gasteiger partial charge in [-0.1, -0.05) is 13.3 Å². The number of carbonyl (C=O) groups excluding carboxylic acids is 1. The molecule has 1 aliphatic rings. The Kier molecular flexibility index (Phi) is 5.57. The van der Waals surface area contributed by atoms with Gasteiger partial charge in [0, 0.05) is 5.54 Å². The van der Waals surface area contributed by atoms with Crippen LogP contribution in [0.5, 0.6) is 0 Å². The summed E-state index contributed by atoms with van der Waals surface area (Å²) in [4.78, 5) is 23.6. The van der Waals surface area contributed by atoms with E-state index in [1.54, 1.807) is 0 Å². The molecule has 0 aromatic rings. The second-order valence-electron chi connectivity index (χ2n) is 6.89. The standard InChI is InChI=1S/C15H28N2O3/c1-5-11-6-8-15(9-7-11,13(19)20)17-12(18)10-16-14(2,3)4/h11,16H,5-10H2,1-4H3,(H,17,18)(H,19,20). The van der Waals surface area contributed by atoms with Gasteiger partial charge in [-0.25, -0.2) is 4.79 Å². The van der Waals surface area contributed by atoms with E-state index >= 15 is 0 Å². The lowest BCUT2D eigenvalue weighted by atomic mass is 9.75. The number of carboxylic acids is 1. The van der Waals surface area contributed by atoms with Crippen molar-refractivity contribution in [3.63, 3.8) is 0 Å². The number of amides is 1. The first-order chi connectivity index (χ1) is 9.18. The van der Waals surface area contributed by atoms with Gasteiger partial charge in [-0.15, -0.1) is 0 Å². The van der Waals surface area contributed by atoms with Crippen LogP contribution in [0.25, 0.3) is 0 Å². The van der Waals surface area contributed by atoms with Crippen LogP contribution in [-0.2, 0) is 9.59 Å². The molecule has 0 saturated heterocycles. The van der Waals surface area contributed by atoms with Crippen molar-refractivity contribution in [3.05, 3.63) is 0 Å². The average Bonchev–Trinajstić information content (AvgIpc) is 2.36. The summed E-state index contributed by atoms with van der Waals surface area (Å²) < 4.78 is 0. The maximum absolute atomic E-state index is 12.0. The highest BCUT2D eigenvalue weighted by atomic mass is 16.4. The summed E-state index contributed by atoms with van der Waals surface area (Å²) in [5, 5.41) is 15.3. The summed E-state index contributed by atoms with van der Waals surface area (Å²) in [6.07, 6.45) is 3.88. The molecule has 1 amide bonds. The Labute approximate surface area is 121 Å². The van der Waals surface area contributed by atoms with E-state index in [4.69, 9.17) is 0 Å². The average molecular weight is 284 g/mol. The molecule has 5 heteroatoms. The molecule has 1 saturated carbocycles. The van der Waals surface area contributed by atoms with Crippen LogP contribution in [0.2, 0.25) is 0 Å². The van der Waals surface area contributed by atoms with Crippen LogP contribution in [-0.4, -0.2) is 34.6 Å². The third-order valence-electron chi connectivity index (χ3n) is 4.10. The van der Waals surface area contributed by atoms with Crippen LogP contribution in [0.1, 0.15) is 59.8 Å². The Morgan fingerprint density at radius 1 is 1.25 bits per heavy atom. The first-order valence-corrected chi connectivity index (χ1v) is 7.48. The number of aliphatic carboxylic acids is 1. The third-order valence-corrected chi connectivity index (χ3v) is 4.10. The topological polar surface area (TPSA) is 78.4 Å². The highest BCUT2D eigenvalue weighted by molar-refractivity contribution is 5.88. The van der Waals surface area contributed by atoms with Gasteiger partial charge in [0.1, 0.15) is 5.54 Å². The summed E-state index contributed by atoms with van der Waals surface area (Å²) >= 11 is 0. The quantitative estimate of drug-likeness (QED) is 0.720. The Morgan fingerprint density at radius 2 is 1.80 bits per heavy atom. The van der Waals surface area contributed by atoms with Crippen molar-refractivity contribution in [1.29, 1.82) is 0 Å². The number of rotatable bonds is 5. The minimum atomic E-state index is -1.07. The molecule has 0 radical (unpaired) electrons. The van der Waals surface area contributed by atoms with Crippen LogP contribution >= 0.6 is 0 Å².